The molecule has 0 aliphatic heterocycles. The third-order valence-corrected chi connectivity index (χ3v) is 5.74. The molecule has 0 aliphatic carbocycles. The van der Waals surface area contributed by atoms with Crippen LogP contribution in [0.1, 0.15) is 25.3 Å². The maximum absolute atomic E-state index is 12.8. The van der Waals surface area contributed by atoms with Crippen molar-refractivity contribution < 1.29 is 9.47 Å². The van der Waals surface area contributed by atoms with Gasteiger partial charge >= 0.3 is 0 Å². The second kappa shape index (κ2) is 8.85. The van der Waals surface area contributed by atoms with Gasteiger partial charge in [-0.05, 0) is 54.5 Å². The fourth-order valence-corrected chi connectivity index (χ4v) is 3.96. The highest BCUT2D eigenvalue weighted by atomic mass is 35.5. The summed E-state index contributed by atoms with van der Waals surface area (Å²) < 4.78 is 13.1. The highest BCUT2D eigenvalue weighted by molar-refractivity contribution is 7.15. The van der Waals surface area contributed by atoms with Gasteiger partial charge in [0, 0.05) is 10.6 Å². The molecular formula is C22H20ClN3O3S. The molecule has 2 heterocycles. The molecule has 154 valence electrons. The van der Waals surface area contributed by atoms with E-state index in [1.54, 1.807) is 19.2 Å². The topological polar surface area (TPSA) is 65.7 Å². The number of nitrogens with zero attached hydrogens (tertiary/aromatic N) is 3. The third kappa shape index (κ3) is 4.17. The first kappa shape index (κ1) is 20.4. The summed E-state index contributed by atoms with van der Waals surface area (Å²) in [7, 11) is 1.60. The monoisotopic (exact) mass is 441 g/mol. The van der Waals surface area contributed by atoms with Crippen molar-refractivity contribution in [3.63, 3.8) is 0 Å². The van der Waals surface area contributed by atoms with Crippen LogP contribution in [0.3, 0.4) is 0 Å². The molecule has 0 atom stereocenters. The Bertz CT molecular complexity index is 1280. The highest BCUT2D eigenvalue weighted by Crippen LogP contribution is 2.28. The third-order valence-electron chi connectivity index (χ3n) is 4.53. The number of unbranched alkanes of at least 4 members (excludes halogenated alkanes) is 1. The summed E-state index contributed by atoms with van der Waals surface area (Å²) >= 11 is 7.22. The van der Waals surface area contributed by atoms with Gasteiger partial charge in [0.25, 0.3) is 5.56 Å². The number of halogens is 1. The molecule has 4 aromatic rings. The van der Waals surface area contributed by atoms with E-state index in [1.807, 2.05) is 36.4 Å². The molecule has 0 amide bonds. The van der Waals surface area contributed by atoms with Crippen LogP contribution in [0.5, 0.6) is 11.5 Å². The number of thiazole rings is 1. The molecule has 30 heavy (non-hydrogen) atoms. The molecule has 4 rings (SSSR count). The second-order valence-corrected chi connectivity index (χ2v) is 8.11. The summed E-state index contributed by atoms with van der Waals surface area (Å²) in [5, 5.41) is 5.00. The Labute approximate surface area is 182 Å². The molecule has 0 fully saturated rings. The van der Waals surface area contributed by atoms with E-state index >= 15 is 0 Å². The van der Waals surface area contributed by atoms with Gasteiger partial charge in [-0.15, -0.1) is 5.10 Å². The normalized spacial score (nSPS) is 11.9. The van der Waals surface area contributed by atoms with Crippen LogP contribution in [0.4, 0.5) is 0 Å². The second-order valence-electron chi connectivity index (χ2n) is 6.66. The van der Waals surface area contributed by atoms with E-state index < -0.39 is 0 Å². The standard InChI is InChI=1S/C22H20ClN3O3S/c1-3-4-11-29-17-10-5-14(12-18(17)28-2)13-19-21(27)26-22(30-19)24-20(25-26)15-6-8-16(23)9-7-15/h5-10,12-13H,3-4,11H2,1-2H3/b19-13+. The highest BCUT2D eigenvalue weighted by Gasteiger charge is 2.12. The summed E-state index contributed by atoms with van der Waals surface area (Å²) in [4.78, 5) is 17.8. The lowest BCUT2D eigenvalue weighted by atomic mass is 10.2. The van der Waals surface area contributed by atoms with Crippen LogP contribution in [-0.4, -0.2) is 28.3 Å². The van der Waals surface area contributed by atoms with Gasteiger partial charge in [0.1, 0.15) is 0 Å². The van der Waals surface area contributed by atoms with E-state index in [1.165, 1.54) is 15.9 Å². The zero-order chi connectivity index (χ0) is 21.1. The molecule has 0 unspecified atom stereocenters. The SMILES string of the molecule is CCCCOc1ccc(/C=c2/sc3nc(-c4ccc(Cl)cc4)nn3c2=O)cc1OC. The Morgan fingerprint density at radius 2 is 1.97 bits per heavy atom. The minimum atomic E-state index is -0.204. The average molecular weight is 442 g/mol. The summed E-state index contributed by atoms with van der Waals surface area (Å²) in [5.74, 6) is 1.83. The molecule has 0 spiro atoms. The predicted octanol–water partition coefficient (Wildman–Crippen LogP) is 4.21. The summed E-state index contributed by atoms with van der Waals surface area (Å²) in [6.45, 7) is 2.76. The number of methoxy groups -OCH3 is 1. The van der Waals surface area contributed by atoms with Crippen LogP contribution < -0.4 is 19.6 Å². The van der Waals surface area contributed by atoms with Crippen LogP contribution >= 0.6 is 22.9 Å². The van der Waals surface area contributed by atoms with Crippen molar-refractivity contribution >= 4 is 34.0 Å². The van der Waals surface area contributed by atoms with Crippen molar-refractivity contribution in [3.8, 4) is 22.9 Å². The molecule has 2 aromatic heterocycles. The first-order valence-electron chi connectivity index (χ1n) is 9.57. The number of hydrogen-bond acceptors (Lipinski definition) is 6. The van der Waals surface area contributed by atoms with E-state index in [9.17, 15) is 4.79 Å². The van der Waals surface area contributed by atoms with Crippen molar-refractivity contribution in [1.29, 1.82) is 0 Å². The van der Waals surface area contributed by atoms with Crippen LogP contribution in [0, 0.1) is 0 Å². The van der Waals surface area contributed by atoms with Gasteiger partial charge in [-0.3, -0.25) is 4.79 Å². The number of benzene rings is 2. The Balaban J connectivity index is 1.66. The minimum Gasteiger partial charge on any atom is -0.493 e. The van der Waals surface area contributed by atoms with E-state index in [0.717, 1.165) is 24.0 Å². The fourth-order valence-electron chi connectivity index (χ4n) is 2.93. The smallest absolute Gasteiger partial charge is 0.291 e. The van der Waals surface area contributed by atoms with Crippen LogP contribution in [0.15, 0.2) is 47.3 Å². The van der Waals surface area contributed by atoms with Gasteiger partial charge in [-0.25, -0.2) is 0 Å². The fraction of sp³-hybridized carbons (Fsp3) is 0.227. The number of ether oxygens (including phenoxy) is 2. The first-order valence-corrected chi connectivity index (χ1v) is 10.8. The Hall–Kier alpha value is -2.90. The molecule has 0 saturated carbocycles. The number of aromatic nitrogens is 3. The van der Waals surface area contributed by atoms with Gasteiger partial charge in [-0.1, -0.05) is 42.3 Å². The summed E-state index contributed by atoms with van der Waals surface area (Å²) in [6.07, 6.45) is 3.86. The maximum atomic E-state index is 12.8. The predicted molar refractivity (Wildman–Crippen MR) is 120 cm³/mol. The van der Waals surface area contributed by atoms with E-state index in [2.05, 4.69) is 17.0 Å². The van der Waals surface area contributed by atoms with Gasteiger partial charge in [0.2, 0.25) is 4.96 Å². The summed E-state index contributed by atoms with van der Waals surface area (Å²) in [5.41, 5.74) is 1.45. The lowest BCUT2D eigenvalue weighted by molar-refractivity contribution is 0.288. The molecule has 6 nitrogen and oxygen atoms in total. The first-order chi connectivity index (χ1) is 14.6. The zero-order valence-corrected chi connectivity index (χ0v) is 18.2. The van der Waals surface area contributed by atoms with Crippen molar-refractivity contribution in [2.24, 2.45) is 0 Å². The van der Waals surface area contributed by atoms with E-state index in [4.69, 9.17) is 21.1 Å². The Morgan fingerprint density at radius 3 is 2.67 bits per heavy atom. The zero-order valence-electron chi connectivity index (χ0n) is 16.6. The van der Waals surface area contributed by atoms with Gasteiger partial charge < -0.3 is 9.47 Å². The maximum Gasteiger partial charge on any atom is 0.291 e. The number of rotatable bonds is 7. The molecule has 0 bridgehead atoms. The van der Waals surface area contributed by atoms with Gasteiger partial charge in [0.05, 0.1) is 18.2 Å². The van der Waals surface area contributed by atoms with E-state index in [0.29, 0.717) is 38.4 Å². The van der Waals surface area contributed by atoms with Gasteiger partial charge in [0.15, 0.2) is 17.3 Å². The Morgan fingerprint density at radius 1 is 1.17 bits per heavy atom. The van der Waals surface area contributed by atoms with Crippen LogP contribution in [0.2, 0.25) is 5.02 Å². The molecule has 0 N–H and O–H groups in total. The van der Waals surface area contributed by atoms with Crippen molar-refractivity contribution in [2.45, 2.75) is 19.8 Å². The molecule has 0 radical (unpaired) electrons. The lowest BCUT2D eigenvalue weighted by Gasteiger charge is -2.10. The minimum absolute atomic E-state index is 0.204. The van der Waals surface area contributed by atoms with Crippen molar-refractivity contribution in [1.82, 2.24) is 14.6 Å². The van der Waals surface area contributed by atoms with Crippen LogP contribution in [0.25, 0.3) is 22.4 Å². The number of fused-ring (bicyclic) bond motifs is 1. The lowest BCUT2D eigenvalue weighted by Crippen LogP contribution is -2.23. The Kier molecular flexibility index (Phi) is 6.01. The molecular weight excluding hydrogens is 422 g/mol. The van der Waals surface area contributed by atoms with Gasteiger partial charge in [-0.2, -0.15) is 9.50 Å². The van der Waals surface area contributed by atoms with Crippen molar-refractivity contribution in [2.75, 3.05) is 13.7 Å². The molecule has 8 heteroatoms. The summed E-state index contributed by atoms with van der Waals surface area (Å²) in [6, 6.07) is 12.8. The molecule has 0 aliphatic rings. The average Bonchev–Trinajstić information content (AvgIpc) is 3.29. The quantitative estimate of drug-likeness (QED) is 0.402. The largest absolute Gasteiger partial charge is 0.493 e. The number of hydrogen-bond donors (Lipinski definition) is 0. The van der Waals surface area contributed by atoms with E-state index in [-0.39, 0.29) is 5.56 Å². The van der Waals surface area contributed by atoms with Crippen molar-refractivity contribution in [3.05, 3.63) is 67.9 Å². The van der Waals surface area contributed by atoms with Crippen LogP contribution in [-0.2, 0) is 0 Å². The molecule has 2 aromatic carbocycles. The molecule has 0 saturated heterocycles.